The van der Waals surface area contributed by atoms with Gasteiger partial charge in [0.1, 0.15) is 17.5 Å². The minimum Gasteiger partial charge on any atom is -0.346 e. The van der Waals surface area contributed by atoms with E-state index in [0.29, 0.717) is 29.1 Å². The molecule has 8 heteroatoms. The highest BCUT2D eigenvalue weighted by Crippen LogP contribution is 2.63. The largest absolute Gasteiger partial charge is 0.346 e. The molecule has 0 amide bonds. The van der Waals surface area contributed by atoms with Gasteiger partial charge >= 0.3 is 0 Å². The number of anilines is 1. The summed E-state index contributed by atoms with van der Waals surface area (Å²) in [5.74, 6) is -0.432. The number of aromatic nitrogens is 4. The zero-order valence-electron chi connectivity index (χ0n) is 15.8. The zero-order valence-corrected chi connectivity index (χ0v) is 15.8. The smallest absolute Gasteiger partial charge is 0.212 e. The molecule has 2 aliphatic rings. The average Bonchev–Trinajstić information content (AvgIpc) is 3.13. The van der Waals surface area contributed by atoms with E-state index in [9.17, 15) is 13.2 Å². The number of hydrogen-bond acceptors (Lipinski definition) is 4. The van der Waals surface area contributed by atoms with Gasteiger partial charge < -0.3 is 4.90 Å². The normalized spacial score (nSPS) is 22.5. The van der Waals surface area contributed by atoms with Gasteiger partial charge in [0.15, 0.2) is 5.65 Å². The summed E-state index contributed by atoms with van der Waals surface area (Å²) in [6.45, 7) is 0.714. The van der Waals surface area contributed by atoms with Crippen molar-refractivity contribution in [3.05, 3.63) is 78.1 Å². The summed E-state index contributed by atoms with van der Waals surface area (Å²) >= 11 is 0. The summed E-state index contributed by atoms with van der Waals surface area (Å²) in [6, 6.07) is 8.40. The number of halogens is 3. The first kappa shape index (κ1) is 17.4. The van der Waals surface area contributed by atoms with Gasteiger partial charge in [0.2, 0.25) is 5.95 Å². The first-order valence-corrected chi connectivity index (χ1v) is 9.76. The van der Waals surface area contributed by atoms with Gasteiger partial charge in [-0.25, -0.2) is 23.3 Å². The predicted octanol–water partition coefficient (Wildman–Crippen LogP) is 4.33. The van der Waals surface area contributed by atoms with Gasteiger partial charge in [-0.3, -0.25) is 0 Å². The van der Waals surface area contributed by atoms with Crippen LogP contribution in [0.15, 0.2) is 55.0 Å². The summed E-state index contributed by atoms with van der Waals surface area (Å²) in [5.41, 5.74) is 1.85. The maximum atomic E-state index is 14.6. The van der Waals surface area contributed by atoms with Crippen LogP contribution in [0.3, 0.4) is 0 Å². The molecule has 0 radical (unpaired) electrons. The van der Waals surface area contributed by atoms with Crippen molar-refractivity contribution in [2.24, 2.45) is 5.92 Å². The lowest BCUT2D eigenvalue weighted by Gasteiger charge is -2.30. The van der Waals surface area contributed by atoms with Crippen LogP contribution in [0, 0.1) is 23.5 Å². The molecule has 4 heterocycles. The van der Waals surface area contributed by atoms with Crippen molar-refractivity contribution in [2.45, 2.75) is 18.4 Å². The van der Waals surface area contributed by atoms with Crippen molar-refractivity contribution in [1.82, 2.24) is 19.6 Å². The molecule has 1 saturated heterocycles. The molecule has 5 nitrogen and oxygen atoms in total. The Morgan fingerprint density at radius 3 is 2.73 bits per heavy atom. The van der Waals surface area contributed by atoms with E-state index in [-0.39, 0.29) is 5.92 Å². The van der Waals surface area contributed by atoms with Crippen LogP contribution in [0.25, 0.3) is 16.8 Å². The maximum absolute atomic E-state index is 14.6. The maximum Gasteiger partial charge on any atom is 0.212 e. The van der Waals surface area contributed by atoms with Gasteiger partial charge in [-0.05, 0) is 55.2 Å². The fourth-order valence-corrected chi connectivity index (χ4v) is 4.84. The minimum atomic E-state index is -0.560. The Balaban J connectivity index is 1.46. The molecular weight excluding hydrogens is 391 g/mol. The van der Waals surface area contributed by atoms with E-state index in [2.05, 4.69) is 15.0 Å². The van der Waals surface area contributed by atoms with E-state index in [1.165, 1.54) is 24.4 Å². The Morgan fingerprint density at radius 2 is 1.93 bits per heavy atom. The predicted molar refractivity (Wildman–Crippen MR) is 104 cm³/mol. The molecule has 30 heavy (non-hydrogen) atoms. The average molecular weight is 407 g/mol. The Morgan fingerprint density at radius 1 is 1.03 bits per heavy atom. The number of pyridine rings is 1. The number of rotatable bonds is 3. The van der Waals surface area contributed by atoms with Crippen molar-refractivity contribution < 1.29 is 13.2 Å². The molecule has 0 bridgehead atoms. The molecule has 0 spiro atoms. The highest BCUT2D eigenvalue weighted by molar-refractivity contribution is 5.77. The van der Waals surface area contributed by atoms with Crippen LogP contribution in [0.5, 0.6) is 0 Å². The van der Waals surface area contributed by atoms with E-state index in [1.54, 1.807) is 23.0 Å². The molecule has 4 aromatic rings. The molecular formula is C22H16F3N5. The van der Waals surface area contributed by atoms with Crippen LogP contribution in [0.4, 0.5) is 19.0 Å². The van der Waals surface area contributed by atoms with Crippen LogP contribution in [0.2, 0.25) is 0 Å². The third-order valence-electron chi connectivity index (χ3n) is 6.32. The summed E-state index contributed by atoms with van der Waals surface area (Å²) in [7, 11) is 0. The SMILES string of the molecule is Fc1ccc(F)c([C@@]23C[C@@H]2CCN3c2ccn3ncc(-c4ccc(F)nc4)c3n2)c1. The standard InChI is InChI=1S/C22H16F3N5/c23-15-2-3-18(24)17(9-15)22-10-14(22)5-7-29(22)20-6-8-30-21(28-20)16(12-27-30)13-1-4-19(25)26-11-13/h1-4,6,8-9,11-12,14H,5,7,10H2/t14-,22+/m0/s1. The fraction of sp³-hybridized carbons (Fsp3) is 0.227. The Kier molecular flexibility index (Phi) is 3.51. The summed E-state index contributed by atoms with van der Waals surface area (Å²) in [6.07, 6.45) is 6.57. The van der Waals surface area contributed by atoms with Gasteiger partial charge in [-0.2, -0.15) is 9.49 Å². The van der Waals surface area contributed by atoms with Crippen molar-refractivity contribution in [3.63, 3.8) is 0 Å². The number of hydrogen-bond donors (Lipinski definition) is 0. The number of fused-ring (bicyclic) bond motifs is 2. The Hall–Kier alpha value is -3.42. The van der Waals surface area contributed by atoms with Gasteiger partial charge in [0.05, 0.1) is 11.7 Å². The second kappa shape index (κ2) is 6.04. The molecule has 150 valence electrons. The highest BCUT2D eigenvalue weighted by atomic mass is 19.1. The summed E-state index contributed by atoms with van der Waals surface area (Å²) in [4.78, 5) is 10.6. The van der Waals surface area contributed by atoms with Crippen LogP contribution < -0.4 is 4.90 Å². The summed E-state index contributed by atoms with van der Waals surface area (Å²) < 4.78 is 43.4. The van der Waals surface area contributed by atoms with Crippen LogP contribution >= 0.6 is 0 Å². The first-order chi connectivity index (χ1) is 14.6. The highest BCUT2D eigenvalue weighted by Gasteiger charge is 2.64. The van der Waals surface area contributed by atoms with E-state index in [4.69, 9.17) is 4.98 Å². The molecule has 1 saturated carbocycles. The quantitative estimate of drug-likeness (QED) is 0.474. The van der Waals surface area contributed by atoms with Crippen LogP contribution in [-0.4, -0.2) is 26.1 Å². The van der Waals surface area contributed by atoms with E-state index < -0.39 is 23.1 Å². The van der Waals surface area contributed by atoms with Crippen LogP contribution in [0.1, 0.15) is 18.4 Å². The fourth-order valence-electron chi connectivity index (χ4n) is 4.84. The monoisotopic (exact) mass is 407 g/mol. The molecule has 2 fully saturated rings. The van der Waals surface area contributed by atoms with E-state index in [1.807, 2.05) is 6.07 Å². The molecule has 1 aliphatic carbocycles. The molecule has 0 unspecified atom stereocenters. The lowest BCUT2D eigenvalue weighted by Crippen LogP contribution is -2.34. The second-order valence-corrected chi connectivity index (χ2v) is 7.87. The topological polar surface area (TPSA) is 46.3 Å². The first-order valence-electron chi connectivity index (χ1n) is 9.76. The number of benzene rings is 1. The molecule has 2 atom stereocenters. The third kappa shape index (κ3) is 2.39. The minimum absolute atomic E-state index is 0.275. The number of nitrogens with zero attached hydrogens (tertiary/aromatic N) is 5. The van der Waals surface area contributed by atoms with Crippen LogP contribution in [-0.2, 0) is 5.54 Å². The molecule has 6 rings (SSSR count). The number of piperidine rings is 1. The molecule has 3 aromatic heterocycles. The van der Waals surface area contributed by atoms with Gasteiger partial charge in [0, 0.05) is 35.6 Å². The third-order valence-corrected chi connectivity index (χ3v) is 6.32. The van der Waals surface area contributed by atoms with Gasteiger partial charge in [0.25, 0.3) is 0 Å². The molecule has 1 aliphatic heterocycles. The van der Waals surface area contributed by atoms with Crippen molar-refractivity contribution in [1.29, 1.82) is 0 Å². The van der Waals surface area contributed by atoms with Crippen molar-refractivity contribution in [2.75, 3.05) is 11.4 Å². The van der Waals surface area contributed by atoms with Gasteiger partial charge in [-0.15, -0.1) is 0 Å². The van der Waals surface area contributed by atoms with Crippen molar-refractivity contribution >= 4 is 11.5 Å². The zero-order chi connectivity index (χ0) is 20.5. The van der Waals surface area contributed by atoms with E-state index >= 15 is 0 Å². The lowest BCUT2D eigenvalue weighted by molar-refractivity contribution is 0.544. The lowest BCUT2D eigenvalue weighted by atomic mass is 10.0. The Labute approximate surface area is 169 Å². The molecule has 1 aromatic carbocycles. The van der Waals surface area contributed by atoms with Crippen molar-refractivity contribution in [3.8, 4) is 11.1 Å². The second-order valence-electron chi connectivity index (χ2n) is 7.87. The van der Waals surface area contributed by atoms with E-state index in [0.717, 1.165) is 24.5 Å². The Bertz CT molecular complexity index is 1290. The van der Waals surface area contributed by atoms with Gasteiger partial charge in [-0.1, -0.05) is 0 Å². The summed E-state index contributed by atoms with van der Waals surface area (Å²) in [5, 5.41) is 4.32. The molecule has 0 N–H and O–H groups in total.